The number of aromatic hydroxyl groups is 1. The zero-order valence-corrected chi connectivity index (χ0v) is 9.80. The quantitative estimate of drug-likeness (QED) is 0.755. The van der Waals surface area contributed by atoms with Crippen LogP contribution in [0.15, 0.2) is 24.3 Å². The lowest BCUT2D eigenvalue weighted by atomic mass is 10.1. The van der Waals surface area contributed by atoms with Crippen LogP contribution >= 0.6 is 0 Å². The molecule has 5 heteroatoms. The monoisotopic (exact) mass is 249 g/mol. The Kier molecular flexibility index (Phi) is 3.50. The van der Waals surface area contributed by atoms with Crippen LogP contribution in [0, 0.1) is 5.92 Å². The first-order chi connectivity index (χ1) is 8.58. The predicted octanol–water partition coefficient (Wildman–Crippen LogP) is 1.38. The standard InChI is InChI=1S/C13H15NO4/c15-11-4-2-1-3-10(11)12(16)14-9-6-5-8(7-9)13(17)18/h1-4,8-9,15H,5-7H2,(H,14,16)(H,17,18)/t8-,9+/m1/s1. The van der Waals surface area contributed by atoms with Gasteiger partial charge in [0.15, 0.2) is 0 Å². The minimum Gasteiger partial charge on any atom is -0.507 e. The zero-order valence-electron chi connectivity index (χ0n) is 9.80. The van der Waals surface area contributed by atoms with Crippen molar-refractivity contribution in [2.45, 2.75) is 25.3 Å². The van der Waals surface area contributed by atoms with Crippen LogP contribution in [-0.2, 0) is 4.79 Å². The maximum atomic E-state index is 11.9. The molecule has 0 saturated heterocycles. The minimum atomic E-state index is -0.811. The molecule has 1 amide bonds. The van der Waals surface area contributed by atoms with Crippen LogP contribution in [0.1, 0.15) is 29.6 Å². The van der Waals surface area contributed by atoms with Crippen molar-refractivity contribution in [1.82, 2.24) is 5.32 Å². The third-order valence-corrected chi connectivity index (χ3v) is 3.27. The van der Waals surface area contributed by atoms with Crippen LogP contribution in [0.4, 0.5) is 0 Å². The van der Waals surface area contributed by atoms with Crippen LogP contribution in [0.3, 0.4) is 0 Å². The molecule has 0 bridgehead atoms. The number of rotatable bonds is 3. The summed E-state index contributed by atoms with van der Waals surface area (Å²) in [4.78, 5) is 22.7. The van der Waals surface area contributed by atoms with Gasteiger partial charge in [-0.05, 0) is 31.4 Å². The topological polar surface area (TPSA) is 86.6 Å². The van der Waals surface area contributed by atoms with E-state index in [4.69, 9.17) is 5.11 Å². The first-order valence-electron chi connectivity index (χ1n) is 5.89. The smallest absolute Gasteiger partial charge is 0.306 e. The summed E-state index contributed by atoms with van der Waals surface area (Å²) in [5.74, 6) is -1.61. The number of nitrogens with one attached hydrogen (secondary N) is 1. The summed E-state index contributed by atoms with van der Waals surface area (Å²) in [6, 6.07) is 6.17. The van der Waals surface area contributed by atoms with Crippen LogP contribution in [0.25, 0.3) is 0 Å². The second-order valence-electron chi connectivity index (χ2n) is 4.54. The third-order valence-electron chi connectivity index (χ3n) is 3.27. The number of carbonyl (C=O) groups excluding carboxylic acids is 1. The van der Waals surface area contributed by atoms with E-state index in [2.05, 4.69) is 5.32 Å². The van der Waals surface area contributed by atoms with E-state index in [0.717, 1.165) is 0 Å². The summed E-state index contributed by atoms with van der Waals surface area (Å²) in [5, 5.41) is 21.2. The summed E-state index contributed by atoms with van der Waals surface area (Å²) in [6.07, 6.45) is 1.70. The number of carbonyl (C=O) groups is 2. The molecular weight excluding hydrogens is 234 g/mol. The van der Waals surface area contributed by atoms with Crippen molar-refractivity contribution in [3.05, 3.63) is 29.8 Å². The Morgan fingerprint density at radius 3 is 2.56 bits per heavy atom. The molecule has 2 rings (SSSR count). The maximum absolute atomic E-state index is 11.9. The summed E-state index contributed by atoms with van der Waals surface area (Å²) in [5.41, 5.74) is 0.219. The second kappa shape index (κ2) is 5.08. The van der Waals surface area contributed by atoms with E-state index in [9.17, 15) is 14.7 Å². The van der Waals surface area contributed by atoms with E-state index < -0.39 is 5.97 Å². The molecule has 5 nitrogen and oxygen atoms in total. The van der Waals surface area contributed by atoms with E-state index in [0.29, 0.717) is 19.3 Å². The van der Waals surface area contributed by atoms with Crippen molar-refractivity contribution in [2.24, 2.45) is 5.92 Å². The Morgan fingerprint density at radius 2 is 1.94 bits per heavy atom. The normalized spacial score (nSPS) is 22.7. The Balaban J connectivity index is 1.97. The van der Waals surface area contributed by atoms with E-state index in [1.54, 1.807) is 12.1 Å². The molecule has 2 atom stereocenters. The van der Waals surface area contributed by atoms with Gasteiger partial charge in [-0.3, -0.25) is 9.59 Å². The van der Waals surface area contributed by atoms with E-state index >= 15 is 0 Å². The Bertz CT molecular complexity index is 472. The second-order valence-corrected chi connectivity index (χ2v) is 4.54. The van der Waals surface area contributed by atoms with Gasteiger partial charge in [0.1, 0.15) is 5.75 Å². The summed E-state index contributed by atoms with van der Waals surface area (Å²) < 4.78 is 0. The number of carboxylic acids is 1. The molecule has 1 aliphatic rings. The summed E-state index contributed by atoms with van der Waals surface area (Å²) >= 11 is 0. The van der Waals surface area contributed by atoms with Crippen LogP contribution < -0.4 is 5.32 Å². The molecule has 0 radical (unpaired) electrons. The molecule has 0 aromatic heterocycles. The molecule has 0 spiro atoms. The molecule has 18 heavy (non-hydrogen) atoms. The Labute approximate surface area is 104 Å². The van der Waals surface area contributed by atoms with Crippen LogP contribution in [0.5, 0.6) is 5.75 Å². The van der Waals surface area contributed by atoms with Crippen molar-refractivity contribution in [2.75, 3.05) is 0 Å². The third kappa shape index (κ3) is 2.61. The maximum Gasteiger partial charge on any atom is 0.306 e. The van der Waals surface area contributed by atoms with Gasteiger partial charge >= 0.3 is 5.97 Å². The molecule has 0 unspecified atom stereocenters. The lowest BCUT2D eigenvalue weighted by Gasteiger charge is -2.13. The molecular formula is C13H15NO4. The number of phenols is 1. The van der Waals surface area contributed by atoms with Gasteiger partial charge in [0.2, 0.25) is 0 Å². The van der Waals surface area contributed by atoms with Crippen LogP contribution in [0.2, 0.25) is 0 Å². The van der Waals surface area contributed by atoms with Gasteiger partial charge in [0.05, 0.1) is 11.5 Å². The van der Waals surface area contributed by atoms with Crippen LogP contribution in [-0.4, -0.2) is 28.1 Å². The highest BCUT2D eigenvalue weighted by Gasteiger charge is 2.30. The molecule has 1 aromatic carbocycles. The van der Waals surface area contributed by atoms with Crippen molar-refractivity contribution in [1.29, 1.82) is 0 Å². The molecule has 96 valence electrons. The first-order valence-corrected chi connectivity index (χ1v) is 5.89. The molecule has 0 aliphatic heterocycles. The van der Waals surface area contributed by atoms with Gasteiger partial charge in [-0.2, -0.15) is 0 Å². The highest BCUT2D eigenvalue weighted by atomic mass is 16.4. The van der Waals surface area contributed by atoms with Crippen molar-refractivity contribution in [3.63, 3.8) is 0 Å². The molecule has 0 heterocycles. The fourth-order valence-corrected chi connectivity index (χ4v) is 2.27. The molecule has 1 fully saturated rings. The number of hydrogen-bond acceptors (Lipinski definition) is 3. The predicted molar refractivity (Wildman–Crippen MR) is 64.3 cm³/mol. The number of carboxylic acid groups (broad SMARTS) is 1. The van der Waals surface area contributed by atoms with Gasteiger partial charge in [-0.15, -0.1) is 0 Å². The summed E-state index contributed by atoms with van der Waals surface area (Å²) in [7, 11) is 0. The highest BCUT2D eigenvalue weighted by Crippen LogP contribution is 2.26. The molecule has 1 aliphatic carbocycles. The Hall–Kier alpha value is -2.04. The van der Waals surface area contributed by atoms with E-state index in [-0.39, 0.29) is 29.2 Å². The largest absolute Gasteiger partial charge is 0.507 e. The average molecular weight is 249 g/mol. The lowest BCUT2D eigenvalue weighted by Crippen LogP contribution is -2.33. The van der Waals surface area contributed by atoms with Gasteiger partial charge in [0, 0.05) is 6.04 Å². The number of hydrogen-bond donors (Lipinski definition) is 3. The summed E-state index contributed by atoms with van der Waals surface area (Å²) in [6.45, 7) is 0. The van der Waals surface area contributed by atoms with E-state index in [1.807, 2.05) is 0 Å². The van der Waals surface area contributed by atoms with Gasteiger partial charge in [-0.1, -0.05) is 12.1 Å². The molecule has 3 N–H and O–H groups in total. The SMILES string of the molecule is O=C(N[C@H]1CC[C@@H](C(=O)O)C1)c1ccccc1O. The van der Waals surface area contributed by atoms with Gasteiger partial charge < -0.3 is 15.5 Å². The van der Waals surface area contributed by atoms with Crippen molar-refractivity contribution >= 4 is 11.9 Å². The van der Waals surface area contributed by atoms with E-state index in [1.165, 1.54) is 12.1 Å². The number of amides is 1. The van der Waals surface area contributed by atoms with Crippen molar-refractivity contribution in [3.8, 4) is 5.75 Å². The zero-order chi connectivity index (χ0) is 13.1. The Morgan fingerprint density at radius 1 is 1.22 bits per heavy atom. The van der Waals surface area contributed by atoms with Crippen molar-refractivity contribution < 1.29 is 19.8 Å². The fourth-order valence-electron chi connectivity index (χ4n) is 2.27. The average Bonchev–Trinajstić information content (AvgIpc) is 2.78. The molecule has 1 saturated carbocycles. The fraction of sp³-hybridized carbons (Fsp3) is 0.385. The minimum absolute atomic E-state index is 0.0669. The highest BCUT2D eigenvalue weighted by molar-refractivity contribution is 5.97. The number of aliphatic carboxylic acids is 1. The van der Waals surface area contributed by atoms with Gasteiger partial charge in [0.25, 0.3) is 5.91 Å². The van der Waals surface area contributed by atoms with Gasteiger partial charge in [-0.25, -0.2) is 0 Å². The number of phenolic OH excluding ortho intramolecular Hbond substituents is 1. The number of para-hydroxylation sites is 1. The first kappa shape index (κ1) is 12.4. The lowest BCUT2D eigenvalue weighted by molar-refractivity contribution is -0.141. The molecule has 1 aromatic rings. The number of benzene rings is 1.